The molecule has 0 saturated carbocycles. The summed E-state index contributed by atoms with van der Waals surface area (Å²) in [5, 5.41) is 12.8. The second-order valence-electron chi connectivity index (χ2n) is 8.85. The summed E-state index contributed by atoms with van der Waals surface area (Å²) < 4.78 is 6.06. The molecule has 1 unspecified atom stereocenters. The number of rotatable bonds is 12. The predicted octanol–water partition coefficient (Wildman–Crippen LogP) is 5.58. The Morgan fingerprint density at radius 2 is 1.74 bits per heavy atom. The number of H-pyrrole nitrogens is 1. The molecule has 3 aromatic carbocycles. The number of hydrogen-bond donors (Lipinski definition) is 3. The number of aliphatic hydroxyl groups is 1. The molecule has 0 aliphatic carbocycles. The lowest BCUT2D eigenvalue weighted by Gasteiger charge is -2.18. The highest BCUT2D eigenvalue weighted by atomic mass is 16.5. The number of aryl methyl sites for hydroxylation is 2. The van der Waals surface area contributed by atoms with Crippen LogP contribution in [0.15, 0.2) is 85.3 Å². The van der Waals surface area contributed by atoms with E-state index in [9.17, 15) is 5.11 Å². The van der Waals surface area contributed by atoms with Gasteiger partial charge >= 0.3 is 0 Å². The van der Waals surface area contributed by atoms with Crippen molar-refractivity contribution < 1.29 is 9.84 Å². The van der Waals surface area contributed by atoms with Gasteiger partial charge in [-0.3, -0.25) is 0 Å². The summed E-state index contributed by atoms with van der Waals surface area (Å²) in [4.78, 5) is 7.43. The first-order chi connectivity index (χ1) is 16.7. The molecule has 34 heavy (non-hydrogen) atoms. The Labute approximate surface area is 201 Å². The Balaban J connectivity index is 1.33. The number of nitrogens with zero attached hydrogens (tertiary/aromatic N) is 1. The minimum absolute atomic E-state index is 0.0806. The molecular weight excluding hydrogens is 422 g/mol. The van der Waals surface area contributed by atoms with Gasteiger partial charge in [-0.2, -0.15) is 0 Å². The summed E-state index contributed by atoms with van der Waals surface area (Å²) in [6.07, 6.45) is 6.65. The number of hydrogen-bond acceptors (Lipinski definition) is 4. The van der Waals surface area contributed by atoms with E-state index in [1.165, 1.54) is 16.7 Å². The van der Waals surface area contributed by atoms with Crippen LogP contribution in [0.5, 0.6) is 11.5 Å². The zero-order valence-electron chi connectivity index (χ0n) is 19.7. The maximum absolute atomic E-state index is 9.22. The number of benzene rings is 3. The Morgan fingerprint density at radius 1 is 0.941 bits per heavy atom. The van der Waals surface area contributed by atoms with Crippen molar-refractivity contribution in [2.24, 2.45) is 5.92 Å². The lowest BCUT2D eigenvalue weighted by molar-refractivity contribution is 0.282. The van der Waals surface area contributed by atoms with Crippen LogP contribution in [0.3, 0.4) is 0 Å². The average molecular weight is 456 g/mol. The second-order valence-corrected chi connectivity index (χ2v) is 8.85. The molecule has 3 N–H and O–H groups in total. The third-order valence-corrected chi connectivity index (χ3v) is 6.03. The topological polar surface area (TPSA) is 70.2 Å². The molecule has 0 fully saturated rings. The monoisotopic (exact) mass is 455 g/mol. The van der Waals surface area contributed by atoms with Gasteiger partial charge in [-0.15, -0.1) is 0 Å². The van der Waals surface area contributed by atoms with Crippen LogP contribution < -0.4 is 10.1 Å². The van der Waals surface area contributed by atoms with Crippen LogP contribution in [-0.2, 0) is 26.0 Å². The van der Waals surface area contributed by atoms with Crippen molar-refractivity contribution in [3.8, 4) is 11.5 Å². The predicted molar refractivity (Wildman–Crippen MR) is 136 cm³/mol. The molecule has 0 bridgehead atoms. The summed E-state index contributed by atoms with van der Waals surface area (Å²) in [6.45, 7) is 3.88. The van der Waals surface area contributed by atoms with Gasteiger partial charge < -0.3 is 20.1 Å². The molecular formula is C29H33N3O2. The van der Waals surface area contributed by atoms with E-state index in [4.69, 9.17) is 4.74 Å². The first-order valence-corrected chi connectivity index (χ1v) is 11.9. The lowest BCUT2D eigenvalue weighted by atomic mass is 9.95. The molecule has 0 saturated heterocycles. The van der Waals surface area contributed by atoms with Crippen LogP contribution in [0.25, 0.3) is 0 Å². The van der Waals surface area contributed by atoms with Crippen molar-refractivity contribution >= 4 is 0 Å². The van der Waals surface area contributed by atoms with E-state index in [1.54, 1.807) is 6.33 Å². The summed E-state index contributed by atoms with van der Waals surface area (Å²) in [7, 11) is 0. The molecule has 0 aliphatic rings. The molecule has 0 amide bonds. The first kappa shape index (κ1) is 23.7. The van der Waals surface area contributed by atoms with Crippen molar-refractivity contribution in [1.82, 2.24) is 15.3 Å². The zero-order valence-corrected chi connectivity index (χ0v) is 19.7. The van der Waals surface area contributed by atoms with E-state index in [-0.39, 0.29) is 6.61 Å². The molecule has 176 valence electrons. The third-order valence-electron chi connectivity index (χ3n) is 6.03. The Morgan fingerprint density at radius 3 is 2.47 bits per heavy atom. The van der Waals surface area contributed by atoms with Crippen LogP contribution in [-0.4, -0.2) is 21.6 Å². The SMILES string of the molecule is Cc1ccc(Oc2cccc(CCC(CNCc3ccc(CO)cc3)Cc3cnc[nH]3)c2)cc1. The highest BCUT2D eigenvalue weighted by Gasteiger charge is 2.12. The van der Waals surface area contributed by atoms with Gasteiger partial charge in [0.15, 0.2) is 0 Å². The van der Waals surface area contributed by atoms with Crippen molar-refractivity contribution in [1.29, 1.82) is 0 Å². The molecule has 1 aromatic heterocycles. The number of ether oxygens (including phenoxy) is 1. The first-order valence-electron chi connectivity index (χ1n) is 11.9. The minimum Gasteiger partial charge on any atom is -0.457 e. The molecule has 0 spiro atoms. The normalized spacial score (nSPS) is 11.9. The van der Waals surface area contributed by atoms with Crippen molar-refractivity contribution in [3.63, 3.8) is 0 Å². The molecule has 4 aromatic rings. The second kappa shape index (κ2) is 12.2. The summed E-state index contributed by atoms with van der Waals surface area (Å²) in [5.74, 6) is 2.20. The fraction of sp³-hybridized carbons (Fsp3) is 0.276. The van der Waals surface area contributed by atoms with E-state index < -0.39 is 0 Å². The number of imidazole rings is 1. The zero-order chi connectivity index (χ0) is 23.6. The third kappa shape index (κ3) is 7.30. The van der Waals surface area contributed by atoms with E-state index in [1.807, 2.05) is 36.5 Å². The lowest BCUT2D eigenvalue weighted by Crippen LogP contribution is -2.24. The maximum atomic E-state index is 9.22. The van der Waals surface area contributed by atoms with Gasteiger partial charge in [-0.25, -0.2) is 4.98 Å². The largest absolute Gasteiger partial charge is 0.457 e. The molecule has 1 heterocycles. The van der Waals surface area contributed by atoms with E-state index >= 15 is 0 Å². The minimum atomic E-state index is 0.0806. The van der Waals surface area contributed by atoms with Gasteiger partial charge in [0.1, 0.15) is 11.5 Å². The summed E-state index contributed by atoms with van der Waals surface area (Å²) >= 11 is 0. The van der Waals surface area contributed by atoms with Crippen molar-refractivity contribution in [2.75, 3.05) is 6.54 Å². The quantitative estimate of drug-likeness (QED) is 0.261. The standard InChI is InChI=1S/C29H33N3O2/c1-22-5-13-28(14-6-22)34-29-4-2-3-23(16-29)7-12-26(15-27-19-31-21-32-27)18-30-17-24-8-10-25(20-33)11-9-24/h2-6,8-11,13-14,16,19,21,26,30,33H,7,12,15,17-18,20H2,1H3,(H,31,32). The Hall–Kier alpha value is -3.41. The molecule has 0 radical (unpaired) electrons. The molecule has 1 atom stereocenters. The number of aromatic amines is 1. The fourth-order valence-electron chi connectivity index (χ4n) is 4.04. The smallest absolute Gasteiger partial charge is 0.127 e. The van der Waals surface area contributed by atoms with Gasteiger partial charge in [0, 0.05) is 18.4 Å². The maximum Gasteiger partial charge on any atom is 0.127 e. The van der Waals surface area contributed by atoms with Crippen molar-refractivity contribution in [2.45, 2.75) is 39.3 Å². The van der Waals surface area contributed by atoms with Gasteiger partial charge in [0.25, 0.3) is 0 Å². The number of aromatic nitrogens is 2. The fourth-order valence-corrected chi connectivity index (χ4v) is 4.04. The highest BCUT2D eigenvalue weighted by molar-refractivity contribution is 5.35. The Bertz CT molecular complexity index is 1120. The van der Waals surface area contributed by atoms with Crippen LogP contribution in [0.2, 0.25) is 0 Å². The van der Waals surface area contributed by atoms with Crippen LogP contribution in [0.4, 0.5) is 0 Å². The molecule has 5 nitrogen and oxygen atoms in total. The summed E-state index contributed by atoms with van der Waals surface area (Å²) in [5.41, 5.74) is 5.82. The van der Waals surface area contributed by atoms with Gasteiger partial charge in [-0.1, -0.05) is 54.1 Å². The average Bonchev–Trinajstić information content (AvgIpc) is 3.38. The number of nitrogens with one attached hydrogen (secondary N) is 2. The molecule has 5 heteroatoms. The van der Waals surface area contributed by atoms with Crippen molar-refractivity contribution in [3.05, 3.63) is 113 Å². The van der Waals surface area contributed by atoms with Gasteiger partial charge in [0.2, 0.25) is 0 Å². The van der Waals surface area contributed by atoms with Gasteiger partial charge in [0.05, 0.1) is 12.9 Å². The van der Waals surface area contributed by atoms with E-state index in [2.05, 4.69) is 64.7 Å². The van der Waals surface area contributed by atoms with Crippen LogP contribution >= 0.6 is 0 Å². The molecule has 0 aliphatic heterocycles. The van der Waals surface area contributed by atoms with Crippen LogP contribution in [0, 0.1) is 12.8 Å². The number of aliphatic hydroxyl groups excluding tert-OH is 1. The molecule has 4 rings (SSSR count). The van der Waals surface area contributed by atoms with Gasteiger partial charge in [-0.05, 0) is 79.6 Å². The van der Waals surface area contributed by atoms with E-state index in [0.717, 1.165) is 55.1 Å². The highest BCUT2D eigenvalue weighted by Crippen LogP contribution is 2.24. The van der Waals surface area contributed by atoms with E-state index in [0.29, 0.717) is 5.92 Å². The van der Waals surface area contributed by atoms with Crippen LogP contribution in [0.1, 0.15) is 34.4 Å². The Kier molecular flexibility index (Phi) is 8.49. The summed E-state index contributed by atoms with van der Waals surface area (Å²) in [6, 6.07) is 24.6.